The van der Waals surface area contributed by atoms with Gasteiger partial charge in [-0.1, -0.05) is 41.9 Å². The lowest BCUT2D eigenvalue weighted by Gasteiger charge is -2.26. The summed E-state index contributed by atoms with van der Waals surface area (Å²) < 4.78 is 12.1. The summed E-state index contributed by atoms with van der Waals surface area (Å²) in [6, 6.07) is 12.3. The molecule has 0 saturated carbocycles. The van der Waals surface area contributed by atoms with E-state index in [1.54, 1.807) is 30.2 Å². The highest BCUT2D eigenvalue weighted by Crippen LogP contribution is 2.38. The van der Waals surface area contributed by atoms with Gasteiger partial charge in [-0.2, -0.15) is 0 Å². The summed E-state index contributed by atoms with van der Waals surface area (Å²) in [6.07, 6.45) is 0.813. The maximum Gasteiger partial charge on any atom is 0.290 e. The van der Waals surface area contributed by atoms with E-state index in [-0.39, 0.29) is 17.1 Å². The molecule has 0 fully saturated rings. The predicted molar refractivity (Wildman–Crippen MR) is 128 cm³/mol. The standard InChI is InChI=1S/C25H27BrN2O4/c1-4-27(5-2)13-6-14-28-22(16-7-10-18(31-3)11-8-16)21-23(29)19-15-17(26)9-12-20(19)32-24(21)25(28)30/h7-12,15,22H,4-6,13-14H2,1-3H3/t22-/m1/s1. The van der Waals surface area contributed by atoms with E-state index in [1.807, 2.05) is 24.3 Å². The molecule has 2 heterocycles. The molecule has 1 atom stereocenters. The average Bonchev–Trinajstić information content (AvgIpc) is 3.09. The van der Waals surface area contributed by atoms with Crippen molar-refractivity contribution in [3.8, 4) is 5.75 Å². The second-order valence-corrected chi connectivity index (χ2v) is 8.78. The Morgan fingerprint density at radius 1 is 1.09 bits per heavy atom. The van der Waals surface area contributed by atoms with Crippen LogP contribution in [0.4, 0.5) is 0 Å². The fourth-order valence-corrected chi connectivity index (χ4v) is 4.72. The molecule has 0 radical (unpaired) electrons. The van der Waals surface area contributed by atoms with Crippen molar-refractivity contribution in [3.63, 3.8) is 0 Å². The van der Waals surface area contributed by atoms with E-state index in [0.29, 0.717) is 23.1 Å². The number of ether oxygens (including phenoxy) is 1. The van der Waals surface area contributed by atoms with Gasteiger partial charge in [0.1, 0.15) is 11.3 Å². The first-order valence-electron chi connectivity index (χ1n) is 10.9. The number of nitrogens with zero attached hydrogens (tertiary/aromatic N) is 2. The zero-order valence-corrected chi connectivity index (χ0v) is 20.1. The predicted octanol–water partition coefficient (Wildman–Crippen LogP) is 4.84. The molecule has 1 aromatic heterocycles. The van der Waals surface area contributed by atoms with Crippen molar-refractivity contribution < 1.29 is 13.9 Å². The van der Waals surface area contributed by atoms with Crippen LogP contribution in [0.15, 0.2) is 56.1 Å². The van der Waals surface area contributed by atoms with Crippen molar-refractivity contribution in [2.24, 2.45) is 0 Å². The number of carbonyl (C=O) groups is 1. The molecule has 0 saturated heterocycles. The van der Waals surface area contributed by atoms with Crippen LogP contribution in [0.25, 0.3) is 11.0 Å². The third-order valence-corrected chi connectivity index (χ3v) is 6.62. The number of methoxy groups -OCH3 is 1. The highest BCUT2D eigenvalue weighted by atomic mass is 79.9. The molecular formula is C25H27BrN2O4. The quantitative estimate of drug-likeness (QED) is 0.444. The fourth-order valence-electron chi connectivity index (χ4n) is 4.36. The van der Waals surface area contributed by atoms with Gasteiger partial charge in [-0.3, -0.25) is 9.59 Å². The molecule has 1 aliphatic rings. The van der Waals surface area contributed by atoms with Gasteiger partial charge in [0.15, 0.2) is 5.43 Å². The highest BCUT2D eigenvalue weighted by Gasteiger charge is 2.42. The van der Waals surface area contributed by atoms with Crippen LogP contribution in [-0.2, 0) is 0 Å². The number of fused-ring (bicyclic) bond motifs is 2. The van der Waals surface area contributed by atoms with Gasteiger partial charge >= 0.3 is 0 Å². The number of amides is 1. The Morgan fingerprint density at radius 2 is 1.81 bits per heavy atom. The van der Waals surface area contributed by atoms with Crippen molar-refractivity contribution >= 4 is 32.8 Å². The van der Waals surface area contributed by atoms with E-state index in [4.69, 9.17) is 9.15 Å². The van der Waals surface area contributed by atoms with Gasteiger partial charge in [-0.05, 0) is 62.0 Å². The Kier molecular flexibility index (Phi) is 6.67. The van der Waals surface area contributed by atoms with Crippen LogP contribution in [0.5, 0.6) is 5.75 Å². The van der Waals surface area contributed by atoms with E-state index >= 15 is 0 Å². The molecule has 2 aromatic carbocycles. The maximum absolute atomic E-state index is 13.6. The number of halogens is 1. The average molecular weight is 499 g/mol. The van der Waals surface area contributed by atoms with Crippen molar-refractivity contribution in [1.29, 1.82) is 0 Å². The minimum absolute atomic E-state index is 0.147. The van der Waals surface area contributed by atoms with Crippen LogP contribution in [0.1, 0.15) is 48.0 Å². The molecule has 1 aliphatic heterocycles. The molecule has 32 heavy (non-hydrogen) atoms. The maximum atomic E-state index is 13.6. The molecular weight excluding hydrogens is 472 g/mol. The Labute approximate surface area is 195 Å². The summed E-state index contributed by atoms with van der Waals surface area (Å²) in [5, 5.41) is 0.467. The van der Waals surface area contributed by atoms with Crippen molar-refractivity contribution in [2.45, 2.75) is 26.3 Å². The summed E-state index contributed by atoms with van der Waals surface area (Å²) in [6.45, 7) is 7.62. The second kappa shape index (κ2) is 9.46. The summed E-state index contributed by atoms with van der Waals surface area (Å²) in [5.74, 6) is 0.636. The van der Waals surface area contributed by atoms with Gasteiger partial charge in [-0.25, -0.2) is 0 Å². The van der Waals surface area contributed by atoms with Crippen LogP contribution in [0.3, 0.4) is 0 Å². The molecule has 0 bridgehead atoms. The smallest absolute Gasteiger partial charge is 0.290 e. The van der Waals surface area contributed by atoms with Gasteiger partial charge in [-0.15, -0.1) is 0 Å². The Balaban J connectivity index is 1.79. The first-order valence-corrected chi connectivity index (χ1v) is 11.7. The van der Waals surface area contributed by atoms with Gasteiger partial charge in [0.25, 0.3) is 5.91 Å². The highest BCUT2D eigenvalue weighted by molar-refractivity contribution is 9.10. The van der Waals surface area contributed by atoms with Crippen LogP contribution < -0.4 is 10.2 Å². The van der Waals surface area contributed by atoms with Crippen molar-refractivity contribution in [1.82, 2.24) is 9.80 Å². The van der Waals surface area contributed by atoms with E-state index in [0.717, 1.165) is 41.8 Å². The van der Waals surface area contributed by atoms with Crippen LogP contribution in [0, 0.1) is 0 Å². The molecule has 6 nitrogen and oxygen atoms in total. The normalized spacial score (nSPS) is 15.6. The number of hydrogen-bond donors (Lipinski definition) is 0. The van der Waals surface area contributed by atoms with E-state index in [9.17, 15) is 9.59 Å². The van der Waals surface area contributed by atoms with Gasteiger partial charge in [0.05, 0.1) is 24.1 Å². The van der Waals surface area contributed by atoms with Gasteiger partial charge in [0, 0.05) is 11.0 Å². The fraction of sp³-hybridized carbons (Fsp3) is 0.360. The number of carbonyl (C=O) groups excluding carboxylic acids is 1. The number of benzene rings is 2. The third kappa shape index (κ3) is 4.07. The van der Waals surface area contributed by atoms with Crippen molar-refractivity contribution in [2.75, 3.05) is 33.3 Å². The Morgan fingerprint density at radius 3 is 2.47 bits per heavy atom. The van der Waals surface area contributed by atoms with Gasteiger partial charge < -0.3 is 19.0 Å². The third-order valence-electron chi connectivity index (χ3n) is 6.13. The number of hydrogen-bond acceptors (Lipinski definition) is 5. The molecule has 4 rings (SSSR count). The number of rotatable bonds is 8. The van der Waals surface area contributed by atoms with Crippen LogP contribution >= 0.6 is 15.9 Å². The van der Waals surface area contributed by atoms with E-state index in [2.05, 4.69) is 34.7 Å². The first-order chi connectivity index (χ1) is 15.5. The van der Waals surface area contributed by atoms with Gasteiger partial charge in [0.2, 0.25) is 5.76 Å². The second-order valence-electron chi connectivity index (χ2n) is 7.87. The molecule has 0 N–H and O–H groups in total. The Hall–Kier alpha value is -2.64. The zero-order chi connectivity index (χ0) is 22.8. The summed E-state index contributed by atoms with van der Waals surface area (Å²) in [5.41, 5.74) is 1.53. The van der Waals surface area contributed by atoms with Crippen molar-refractivity contribution in [3.05, 3.63) is 74.0 Å². The Bertz CT molecular complexity index is 1190. The molecule has 168 valence electrons. The summed E-state index contributed by atoms with van der Waals surface area (Å²) in [4.78, 5) is 31.1. The van der Waals surface area contributed by atoms with Crippen LogP contribution in [-0.4, -0.2) is 49.0 Å². The molecule has 3 aromatic rings. The monoisotopic (exact) mass is 498 g/mol. The zero-order valence-electron chi connectivity index (χ0n) is 18.6. The topological polar surface area (TPSA) is 63.0 Å². The van der Waals surface area contributed by atoms with E-state index in [1.165, 1.54) is 0 Å². The lowest BCUT2D eigenvalue weighted by atomic mass is 9.98. The SMILES string of the molecule is CCN(CC)CCCN1C(=O)c2oc3ccc(Br)cc3c(=O)c2[C@H]1c1ccc(OC)cc1. The summed E-state index contributed by atoms with van der Waals surface area (Å²) >= 11 is 3.43. The first kappa shape index (κ1) is 22.6. The van der Waals surface area contributed by atoms with E-state index < -0.39 is 6.04 Å². The molecule has 1 amide bonds. The minimum Gasteiger partial charge on any atom is -0.497 e. The van der Waals surface area contributed by atoms with Crippen LogP contribution in [0.2, 0.25) is 0 Å². The largest absolute Gasteiger partial charge is 0.497 e. The molecule has 7 heteroatoms. The minimum atomic E-state index is -0.486. The molecule has 0 unspecified atom stereocenters. The lowest BCUT2D eigenvalue weighted by molar-refractivity contribution is 0.0720. The lowest BCUT2D eigenvalue weighted by Crippen LogP contribution is -2.33. The molecule has 0 spiro atoms. The summed E-state index contributed by atoms with van der Waals surface area (Å²) in [7, 11) is 1.61. The molecule has 0 aliphatic carbocycles.